The van der Waals surface area contributed by atoms with Gasteiger partial charge in [0, 0.05) is 5.56 Å². The summed E-state index contributed by atoms with van der Waals surface area (Å²) in [7, 11) is 1.36. The van der Waals surface area contributed by atoms with Crippen molar-refractivity contribution in [3.63, 3.8) is 0 Å². The molecule has 0 radical (unpaired) electrons. The van der Waals surface area contributed by atoms with E-state index in [-0.39, 0.29) is 5.97 Å². The first-order valence-corrected chi connectivity index (χ1v) is 5.19. The van der Waals surface area contributed by atoms with Gasteiger partial charge in [0.25, 0.3) is 0 Å². The lowest BCUT2D eigenvalue weighted by atomic mass is 9.89. The predicted octanol–water partition coefficient (Wildman–Crippen LogP) is 1.99. The fourth-order valence-electron chi connectivity index (χ4n) is 2.01. The molecule has 84 valence electrons. The average molecular weight is 219 g/mol. The minimum absolute atomic E-state index is 0.337. The molecule has 0 spiro atoms. The molecule has 0 saturated heterocycles. The zero-order valence-electron chi connectivity index (χ0n) is 9.06. The van der Waals surface area contributed by atoms with Crippen molar-refractivity contribution in [3.05, 3.63) is 34.9 Å². The fraction of sp³-hybridized carbons (Fsp3) is 0.333. The van der Waals surface area contributed by atoms with Crippen LogP contribution in [0.3, 0.4) is 0 Å². The van der Waals surface area contributed by atoms with Crippen LogP contribution in [0.25, 0.3) is 0 Å². The van der Waals surface area contributed by atoms with Crippen LogP contribution in [-0.4, -0.2) is 24.0 Å². The second-order valence-corrected chi connectivity index (χ2v) is 3.76. The van der Waals surface area contributed by atoms with E-state index in [2.05, 4.69) is 9.89 Å². The number of hydrogen-bond donors (Lipinski definition) is 1. The van der Waals surface area contributed by atoms with Gasteiger partial charge in [-0.1, -0.05) is 11.2 Å². The number of nitrogens with zero attached hydrogens (tertiary/aromatic N) is 1. The fourth-order valence-corrected chi connectivity index (χ4v) is 2.01. The molecule has 0 unspecified atom stereocenters. The van der Waals surface area contributed by atoms with Crippen LogP contribution in [0.5, 0.6) is 0 Å². The number of esters is 1. The van der Waals surface area contributed by atoms with E-state index in [0.29, 0.717) is 11.3 Å². The van der Waals surface area contributed by atoms with Crippen LogP contribution in [0.15, 0.2) is 23.4 Å². The van der Waals surface area contributed by atoms with Crippen molar-refractivity contribution >= 4 is 11.7 Å². The number of carbonyl (C=O) groups is 1. The highest BCUT2D eigenvalue weighted by Gasteiger charge is 2.17. The molecule has 2 rings (SSSR count). The molecule has 0 saturated carbocycles. The number of hydrogen-bond acceptors (Lipinski definition) is 4. The van der Waals surface area contributed by atoms with Crippen molar-refractivity contribution in [2.75, 3.05) is 7.11 Å². The molecule has 0 fully saturated rings. The summed E-state index contributed by atoms with van der Waals surface area (Å²) in [6, 6.07) is 5.32. The van der Waals surface area contributed by atoms with Gasteiger partial charge in [0.15, 0.2) is 0 Å². The zero-order chi connectivity index (χ0) is 11.5. The number of aryl methyl sites for hydroxylation is 1. The molecule has 0 amide bonds. The van der Waals surface area contributed by atoms with E-state index in [1.165, 1.54) is 7.11 Å². The van der Waals surface area contributed by atoms with Gasteiger partial charge in [0.2, 0.25) is 0 Å². The van der Waals surface area contributed by atoms with E-state index in [4.69, 9.17) is 5.21 Å². The Morgan fingerprint density at radius 1 is 1.44 bits per heavy atom. The summed E-state index contributed by atoms with van der Waals surface area (Å²) >= 11 is 0. The first-order valence-electron chi connectivity index (χ1n) is 5.19. The molecule has 16 heavy (non-hydrogen) atoms. The number of methoxy groups -OCH3 is 1. The van der Waals surface area contributed by atoms with Gasteiger partial charge < -0.3 is 9.94 Å². The minimum atomic E-state index is -0.337. The predicted molar refractivity (Wildman–Crippen MR) is 59.0 cm³/mol. The van der Waals surface area contributed by atoms with Crippen LogP contribution in [0, 0.1) is 0 Å². The van der Waals surface area contributed by atoms with Gasteiger partial charge in [-0.3, -0.25) is 0 Å². The molecule has 0 aliphatic heterocycles. The Labute approximate surface area is 93.5 Å². The first-order chi connectivity index (χ1) is 7.76. The minimum Gasteiger partial charge on any atom is -0.465 e. The van der Waals surface area contributed by atoms with Crippen molar-refractivity contribution in [3.8, 4) is 0 Å². The second-order valence-electron chi connectivity index (χ2n) is 3.76. The Morgan fingerprint density at radius 3 is 2.94 bits per heavy atom. The van der Waals surface area contributed by atoms with E-state index in [0.717, 1.165) is 30.4 Å². The van der Waals surface area contributed by atoms with Crippen LogP contribution >= 0.6 is 0 Å². The molecule has 0 bridgehead atoms. The van der Waals surface area contributed by atoms with E-state index in [1.54, 1.807) is 6.07 Å². The van der Waals surface area contributed by atoms with E-state index >= 15 is 0 Å². The summed E-state index contributed by atoms with van der Waals surface area (Å²) in [4.78, 5) is 11.3. The molecule has 1 aromatic rings. The summed E-state index contributed by atoms with van der Waals surface area (Å²) in [6.45, 7) is 0. The summed E-state index contributed by atoms with van der Waals surface area (Å²) in [5.74, 6) is -0.337. The highest BCUT2D eigenvalue weighted by Crippen LogP contribution is 2.23. The molecular weight excluding hydrogens is 206 g/mol. The SMILES string of the molecule is COC(=O)c1ccc2c(c1)CCCC2=NO. The molecule has 1 aliphatic carbocycles. The Hall–Kier alpha value is -1.84. The third-order valence-electron chi connectivity index (χ3n) is 2.82. The number of fused-ring (bicyclic) bond motifs is 1. The summed E-state index contributed by atoms with van der Waals surface area (Å²) in [5, 5.41) is 12.1. The smallest absolute Gasteiger partial charge is 0.337 e. The summed E-state index contributed by atoms with van der Waals surface area (Å²) in [6.07, 6.45) is 2.62. The van der Waals surface area contributed by atoms with Crippen molar-refractivity contribution < 1.29 is 14.7 Å². The molecule has 0 atom stereocenters. The molecule has 0 heterocycles. The topological polar surface area (TPSA) is 58.9 Å². The summed E-state index contributed by atoms with van der Waals surface area (Å²) in [5.41, 5.74) is 3.21. The van der Waals surface area contributed by atoms with Gasteiger partial charge in [-0.2, -0.15) is 0 Å². The van der Waals surface area contributed by atoms with Gasteiger partial charge in [-0.25, -0.2) is 4.79 Å². The zero-order valence-corrected chi connectivity index (χ0v) is 9.06. The van der Waals surface area contributed by atoms with Crippen LogP contribution in [-0.2, 0) is 11.2 Å². The van der Waals surface area contributed by atoms with Crippen LogP contribution < -0.4 is 0 Å². The van der Waals surface area contributed by atoms with Crippen LogP contribution in [0.2, 0.25) is 0 Å². The van der Waals surface area contributed by atoms with Crippen molar-refractivity contribution in [1.82, 2.24) is 0 Å². The molecule has 4 heteroatoms. The van der Waals surface area contributed by atoms with E-state index in [1.807, 2.05) is 12.1 Å². The number of carbonyl (C=O) groups excluding carboxylic acids is 1. The molecule has 0 aromatic heterocycles. The third kappa shape index (κ3) is 1.78. The lowest BCUT2D eigenvalue weighted by molar-refractivity contribution is 0.0600. The Bertz CT molecular complexity index is 452. The average Bonchev–Trinajstić information content (AvgIpc) is 2.36. The molecule has 1 aliphatic rings. The first kappa shape index (κ1) is 10.7. The molecule has 1 N–H and O–H groups in total. The van der Waals surface area contributed by atoms with Gasteiger partial charge in [0.1, 0.15) is 0 Å². The van der Waals surface area contributed by atoms with Gasteiger partial charge in [-0.05, 0) is 37.0 Å². The largest absolute Gasteiger partial charge is 0.465 e. The second kappa shape index (κ2) is 4.35. The molecular formula is C12H13NO3. The highest BCUT2D eigenvalue weighted by atomic mass is 16.5. The quantitative estimate of drug-likeness (QED) is 0.446. The van der Waals surface area contributed by atoms with Crippen molar-refractivity contribution in [1.29, 1.82) is 0 Å². The van der Waals surface area contributed by atoms with Gasteiger partial charge in [0.05, 0.1) is 18.4 Å². The van der Waals surface area contributed by atoms with Gasteiger partial charge >= 0.3 is 5.97 Å². The van der Waals surface area contributed by atoms with Crippen LogP contribution in [0.4, 0.5) is 0 Å². The maximum atomic E-state index is 11.3. The Balaban J connectivity index is 2.43. The van der Waals surface area contributed by atoms with E-state index < -0.39 is 0 Å². The van der Waals surface area contributed by atoms with Crippen molar-refractivity contribution in [2.45, 2.75) is 19.3 Å². The standard InChI is InChI=1S/C12H13NO3/c1-16-12(14)9-5-6-10-8(7-9)3-2-4-11(10)13-15/h5-7,15H,2-4H2,1H3. The normalized spacial score (nSPS) is 16.9. The van der Waals surface area contributed by atoms with E-state index in [9.17, 15) is 4.79 Å². The third-order valence-corrected chi connectivity index (χ3v) is 2.82. The maximum Gasteiger partial charge on any atom is 0.337 e. The number of ether oxygens (including phenoxy) is 1. The number of rotatable bonds is 1. The lowest BCUT2D eigenvalue weighted by Gasteiger charge is -2.17. The van der Waals surface area contributed by atoms with Crippen molar-refractivity contribution in [2.24, 2.45) is 5.16 Å². The Kier molecular flexibility index (Phi) is 2.90. The monoisotopic (exact) mass is 219 g/mol. The maximum absolute atomic E-state index is 11.3. The summed E-state index contributed by atoms with van der Waals surface area (Å²) < 4.78 is 4.66. The molecule has 1 aromatic carbocycles. The molecule has 4 nitrogen and oxygen atoms in total. The highest BCUT2D eigenvalue weighted by molar-refractivity contribution is 6.03. The Morgan fingerprint density at radius 2 is 2.25 bits per heavy atom. The van der Waals surface area contributed by atoms with Crippen LogP contribution in [0.1, 0.15) is 34.3 Å². The van der Waals surface area contributed by atoms with Gasteiger partial charge in [-0.15, -0.1) is 0 Å². The number of oxime groups is 1. The lowest BCUT2D eigenvalue weighted by Crippen LogP contribution is -2.13. The number of benzene rings is 1.